The van der Waals surface area contributed by atoms with Gasteiger partial charge in [-0.15, -0.1) is 0 Å². The minimum atomic E-state index is 0.421. The Morgan fingerprint density at radius 2 is 1.83 bits per heavy atom. The van der Waals surface area contributed by atoms with Crippen LogP contribution in [0.5, 0.6) is 0 Å². The van der Waals surface area contributed by atoms with Crippen LogP contribution < -0.4 is 5.32 Å². The van der Waals surface area contributed by atoms with Crippen molar-refractivity contribution in [3.8, 4) is 0 Å². The van der Waals surface area contributed by atoms with Crippen LogP contribution in [-0.4, -0.2) is 7.05 Å². The third-order valence-corrected chi connectivity index (χ3v) is 3.65. The van der Waals surface area contributed by atoms with Gasteiger partial charge >= 0.3 is 0 Å². The molecule has 1 nitrogen and oxygen atoms in total. The Labute approximate surface area is 117 Å². The van der Waals surface area contributed by atoms with E-state index >= 15 is 0 Å². The van der Waals surface area contributed by atoms with E-state index in [0.717, 1.165) is 17.3 Å². The Kier molecular flexibility index (Phi) is 4.97. The molecule has 0 aliphatic carbocycles. The van der Waals surface area contributed by atoms with E-state index in [-0.39, 0.29) is 0 Å². The number of rotatable bonds is 5. The van der Waals surface area contributed by atoms with Crippen LogP contribution in [0.4, 0.5) is 0 Å². The highest BCUT2D eigenvalue weighted by Gasteiger charge is 2.08. The van der Waals surface area contributed by atoms with Gasteiger partial charge in [-0.25, -0.2) is 0 Å². The predicted molar refractivity (Wildman–Crippen MR) is 80.7 cm³/mol. The number of hydrogen-bond acceptors (Lipinski definition) is 1. The minimum Gasteiger partial charge on any atom is -0.313 e. The molecule has 1 unspecified atom stereocenters. The highest BCUT2D eigenvalue weighted by Crippen LogP contribution is 2.20. The first kappa shape index (κ1) is 13.3. The maximum absolute atomic E-state index is 3.52. The van der Waals surface area contributed by atoms with Crippen molar-refractivity contribution in [1.82, 2.24) is 5.32 Å². The van der Waals surface area contributed by atoms with E-state index in [4.69, 9.17) is 0 Å². The summed E-state index contributed by atoms with van der Waals surface area (Å²) < 4.78 is 1.15. The van der Waals surface area contributed by atoms with Crippen molar-refractivity contribution in [2.75, 3.05) is 7.05 Å². The lowest BCUT2D eigenvalue weighted by molar-refractivity contribution is 0.549. The first-order valence-electron chi connectivity index (χ1n) is 6.26. The molecule has 0 bridgehead atoms. The van der Waals surface area contributed by atoms with E-state index in [1.165, 1.54) is 11.1 Å². The average Bonchev–Trinajstić information content (AvgIpc) is 2.41. The van der Waals surface area contributed by atoms with Gasteiger partial charge in [0.15, 0.2) is 0 Å². The second kappa shape index (κ2) is 6.72. The van der Waals surface area contributed by atoms with Gasteiger partial charge in [0.25, 0.3) is 0 Å². The molecule has 18 heavy (non-hydrogen) atoms. The normalized spacial score (nSPS) is 12.3. The Morgan fingerprint density at radius 1 is 1.06 bits per heavy atom. The number of hydrogen-bond donors (Lipinski definition) is 1. The zero-order chi connectivity index (χ0) is 12.8. The molecule has 0 fully saturated rings. The van der Waals surface area contributed by atoms with Gasteiger partial charge in [0.1, 0.15) is 0 Å². The average molecular weight is 304 g/mol. The molecule has 0 aliphatic heterocycles. The molecular weight excluding hydrogens is 286 g/mol. The molecule has 2 aromatic carbocycles. The molecule has 0 radical (unpaired) electrons. The fraction of sp³-hybridized carbons (Fsp3) is 0.250. The maximum atomic E-state index is 3.52. The van der Waals surface area contributed by atoms with Crippen molar-refractivity contribution >= 4 is 15.9 Å². The third kappa shape index (κ3) is 3.69. The highest BCUT2D eigenvalue weighted by atomic mass is 79.9. The molecule has 0 heterocycles. The maximum Gasteiger partial charge on any atom is 0.0320 e. The van der Waals surface area contributed by atoms with E-state index in [9.17, 15) is 0 Å². The first-order valence-corrected chi connectivity index (χ1v) is 7.05. The van der Waals surface area contributed by atoms with E-state index in [2.05, 4.69) is 75.8 Å². The Morgan fingerprint density at radius 3 is 2.50 bits per heavy atom. The Hall–Kier alpha value is -1.12. The summed E-state index contributed by atoms with van der Waals surface area (Å²) in [4.78, 5) is 0. The fourth-order valence-electron chi connectivity index (χ4n) is 2.17. The van der Waals surface area contributed by atoms with Gasteiger partial charge in [0.05, 0.1) is 0 Å². The summed E-state index contributed by atoms with van der Waals surface area (Å²) in [6.07, 6.45) is 2.19. The van der Waals surface area contributed by atoms with Crippen LogP contribution in [0.1, 0.15) is 23.6 Å². The minimum absolute atomic E-state index is 0.421. The number of benzene rings is 2. The zero-order valence-electron chi connectivity index (χ0n) is 10.6. The molecular formula is C16H18BrN. The lowest BCUT2D eigenvalue weighted by atomic mass is 9.99. The van der Waals surface area contributed by atoms with Gasteiger partial charge in [-0.3, -0.25) is 0 Å². The Balaban J connectivity index is 2.00. The smallest absolute Gasteiger partial charge is 0.0320 e. The molecule has 1 N–H and O–H groups in total. The van der Waals surface area contributed by atoms with E-state index in [0.29, 0.717) is 6.04 Å². The van der Waals surface area contributed by atoms with Crippen LogP contribution in [-0.2, 0) is 6.42 Å². The van der Waals surface area contributed by atoms with Gasteiger partial charge in [-0.1, -0.05) is 58.4 Å². The molecule has 0 spiro atoms. The summed E-state index contributed by atoms with van der Waals surface area (Å²) in [5.74, 6) is 0. The molecule has 0 amide bonds. The summed E-state index contributed by atoms with van der Waals surface area (Å²) >= 11 is 3.52. The number of nitrogens with one attached hydrogen (secondary N) is 1. The van der Waals surface area contributed by atoms with Crippen LogP contribution in [0, 0.1) is 0 Å². The number of halogens is 1. The van der Waals surface area contributed by atoms with Crippen molar-refractivity contribution < 1.29 is 0 Å². The zero-order valence-corrected chi connectivity index (χ0v) is 12.2. The van der Waals surface area contributed by atoms with Crippen molar-refractivity contribution in [2.45, 2.75) is 18.9 Å². The summed E-state index contributed by atoms with van der Waals surface area (Å²) in [6, 6.07) is 19.6. The molecule has 2 rings (SSSR count). The summed E-state index contributed by atoms with van der Waals surface area (Å²) in [5, 5.41) is 3.39. The summed E-state index contributed by atoms with van der Waals surface area (Å²) in [6.45, 7) is 0. The molecule has 0 saturated heterocycles. The van der Waals surface area contributed by atoms with Crippen molar-refractivity contribution in [3.05, 3.63) is 70.2 Å². The quantitative estimate of drug-likeness (QED) is 0.866. The van der Waals surface area contributed by atoms with Crippen molar-refractivity contribution in [3.63, 3.8) is 0 Å². The van der Waals surface area contributed by atoms with E-state index < -0.39 is 0 Å². The SMILES string of the molecule is CNC(CCc1cccc(Br)c1)c1ccccc1. The first-order chi connectivity index (χ1) is 8.79. The van der Waals surface area contributed by atoms with Gasteiger partial charge < -0.3 is 5.32 Å². The Bertz CT molecular complexity index is 481. The lowest BCUT2D eigenvalue weighted by Crippen LogP contribution is -2.16. The molecule has 1 atom stereocenters. The van der Waals surface area contributed by atoms with Crippen molar-refractivity contribution in [1.29, 1.82) is 0 Å². The summed E-state index contributed by atoms with van der Waals surface area (Å²) in [5.41, 5.74) is 2.73. The van der Waals surface area contributed by atoms with Crippen LogP contribution in [0.15, 0.2) is 59.1 Å². The predicted octanol–water partition coefficient (Wildman–Crippen LogP) is 4.34. The van der Waals surface area contributed by atoms with Crippen LogP contribution >= 0.6 is 15.9 Å². The largest absolute Gasteiger partial charge is 0.313 e. The molecule has 2 aromatic rings. The monoisotopic (exact) mass is 303 g/mol. The van der Waals surface area contributed by atoms with Crippen LogP contribution in [0.2, 0.25) is 0 Å². The third-order valence-electron chi connectivity index (χ3n) is 3.16. The second-order valence-corrected chi connectivity index (χ2v) is 5.34. The van der Waals surface area contributed by atoms with Crippen LogP contribution in [0.25, 0.3) is 0 Å². The molecule has 0 aliphatic rings. The van der Waals surface area contributed by atoms with Gasteiger partial charge in [0.2, 0.25) is 0 Å². The number of aryl methyl sites for hydroxylation is 1. The fourth-order valence-corrected chi connectivity index (χ4v) is 2.61. The van der Waals surface area contributed by atoms with Gasteiger partial charge in [0, 0.05) is 10.5 Å². The summed E-state index contributed by atoms with van der Waals surface area (Å²) in [7, 11) is 2.03. The topological polar surface area (TPSA) is 12.0 Å². The molecule has 94 valence electrons. The van der Waals surface area contributed by atoms with Gasteiger partial charge in [-0.05, 0) is 43.1 Å². The molecule has 0 saturated carbocycles. The molecule has 2 heteroatoms. The van der Waals surface area contributed by atoms with E-state index in [1.54, 1.807) is 0 Å². The van der Waals surface area contributed by atoms with E-state index in [1.807, 2.05) is 7.05 Å². The molecule has 0 aromatic heterocycles. The standard InChI is InChI=1S/C16H18BrN/c1-18-16(14-7-3-2-4-8-14)11-10-13-6-5-9-15(17)12-13/h2-9,12,16,18H,10-11H2,1H3. The van der Waals surface area contributed by atoms with Crippen molar-refractivity contribution in [2.24, 2.45) is 0 Å². The van der Waals surface area contributed by atoms with Gasteiger partial charge in [-0.2, -0.15) is 0 Å². The van der Waals surface area contributed by atoms with Crippen LogP contribution in [0.3, 0.4) is 0 Å². The second-order valence-electron chi connectivity index (χ2n) is 4.42. The highest BCUT2D eigenvalue weighted by molar-refractivity contribution is 9.10. The lowest BCUT2D eigenvalue weighted by Gasteiger charge is -2.16.